The minimum Gasteiger partial charge on any atom is -0.341 e. The van der Waals surface area contributed by atoms with Crippen molar-refractivity contribution in [2.24, 2.45) is 5.92 Å². The molecule has 1 aromatic carbocycles. The Morgan fingerprint density at radius 1 is 1.00 bits per heavy atom. The number of fused-ring (bicyclic) bond motifs is 1. The van der Waals surface area contributed by atoms with Gasteiger partial charge in [0.25, 0.3) is 0 Å². The van der Waals surface area contributed by atoms with Crippen LogP contribution in [0.5, 0.6) is 0 Å². The van der Waals surface area contributed by atoms with Crippen molar-refractivity contribution in [3.8, 4) is 0 Å². The Balaban J connectivity index is 1.73. The summed E-state index contributed by atoms with van der Waals surface area (Å²) < 4.78 is 0. The van der Waals surface area contributed by atoms with E-state index in [1.54, 1.807) is 12.4 Å². The Kier molecular flexibility index (Phi) is 3.94. The van der Waals surface area contributed by atoms with Gasteiger partial charge in [0, 0.05) is 31.2 Å². The summed E-state index contributed by atoms with van der Waals surface area (Å²) in [7, 11) is 0. The quantitative estimate of drug-likeness (QED) is 0.798. The van der Waals surface area contributed by atoms with Crippen LogP contribution in [0.1, 0.15) is 19.8 Å². The van der Waals surface area contributed by atoms with Crippen molar-refractivity contribution in [1.82, 2.24) is 19.9 Å². The zero-order valence-electron chi connectivity index (χ0n) is 13.7. The summed E-state index contributed by atoms with van der Waals surface area (Å²) in [4.78, 5) is 20.4. The molecule has 0 saturated carbocycles. The Bertz CT molecular complexity index is 827. The number of aromatic nitrogens is 4. The van der Waals surface area contributed by atoms with Gasteiger partial charge in [-0.25, -0.2) is 9.97 Å². The molecule has 0 unspecified atom stereocenters. The van der Waals surface area contributed by atoms with Crippen LogP contribution in [0.15, 0.2) is 42.7 Å². The number of hydrogen-bond acceptors (Lipinski definition) is 6. The Labute approximate surface area is 141 Å². The Morgan fingerprint density at radius 2 is 1.75 bits per heavy atom. The fourth-order valence-electron chi connectivity index (χ4n) is 2.95. The second kappa shape index (κ2) is 6.39. The summed E-state index contributed by atoms with van der Waals surface area (Å²) >= 11 is 0. The topological polar surface area (TPSA) is 66.8 Å². The number of piperidine rings is 1. The van der Waals surface area contributed by atoms with E-state index in [-0.39, 0.29) is 0 Å². The molecule has 0 aliphatic carbocycles. The minimum atomic E-state index is 0.625. The van der Waals surface area contributed by atoms with E-state index in [9.17, 15) is 0 Å². The SMILES string of the molecule is CC1CCN(c2nc(Nc3ccccc3)c3nccnc3n2)CC1. The number of benzene rings is 1. The third-order valence-corrected chi connectivity index (χ3v) is 4.42. The molecule has 0 atom stereocenters. The minimum absolute atomic E-state index is 0.625. The van der Waals surface area contributed by atoms with E-state index in [2.05, 4.69) is 32.1 Å². The molecule has 1 saturated heterocycles. The van der Waals surface area contributed by atoms with E-state index in [0.717, 1.165) is 30.6 Å². The lowest BCUT2D eigenvalue weighted by atomic mass is 10.00. The van der Waals surface area contributed by atoms with Crippen LogP contribution in [0, 0.1) is 5.92 Å². The first-order valence-electron chi connectivity index (χ1n) is 8.35. The number of rotatable bonds is 3. The molecule has 1 aliphatic heterocycles. The maximum absolute atomic E-state index is 4.75. The highest BCUT2D eigenvalue weighted by Gasteiger charge is 2.20. The van der Waals surface area contributed by atoms with E-state index in [1.807, 2.05) is 30.3 Å². The van der Waals surface area contributed by atoms with Crippen LogP contribution >= 0.6 is 0 Å². The van der Waals surface area contributed by atoms with Crippen LogP contribution in [0.25, 0.3) is 11.2 Å². The van der Waals surface area contributed by atoms with Crippen molar-refractivity contribution < 1.29 is 0 Å². The van der Waals surface area contributed by atoms with Crippen molar-refractivity contribution >= 4 is 28.6 Å². The maximum atomic E-state index is 4.75. The molecular weight excluding hydrogens is 300 g/mol. The summed E-state index contributed by atoms with van der Waals surface area (Å²) in [6.45, 7) is 4.27. The summed E-state index contributed by atoms with van der Waals surface area (Å²) in [5.74, 6) is 2.20. The summed E-state index contributed by atoms with van der Waals surface area (Å²) in [6.07, 6.45) is 5.68. The lowest BCUT2D eigenvalue weighted by Gasteiger charge is -2.30. The van der Waals surface area contributed by atoms with Gasteiger partial charge in [0.15, 0.2) is 17.0 Å². The summed E-state index contributed by atoms with van der Waals surface area (Å²) in [5.41, 5.74) is 2.29. The average Bonchev–Trinajstić information content (AvgIpc) is 2.63. The molecule has 0 bridgehead atoms. The molecule has 0 spiro atoms. The van der Waals surface area contributed by atoms with Gasteiger partial charge in [-0.15, -0.1) is 0 Å². The molecule has 1 N–H and O–H groups in total. The standard InChI is InChI=1S/C18H20N6/c1-13-7-11-24(12-8-13)18-22-16-15(19-9-10-20-16)17(23-18)21-14-5-3-2-4-6-14/h2-6,9-10,13H,7-8,11-12H2,1H3,(H,20,21,22,23). The molecule has 6 heteroatoms. The highest BCUT2D eigenvalue weighted by Crippen LogP contribution is 2.26. The first kappa shape index (κ1) is 14.8. The maximum Gasteiger partial charge on any atom is 0.229 e. The molecule has 4 rings (SSSR count). The highest BCUT2D eigenvalue weighted by molar-refractivity contribution is 5.85. The molecular formula is C18H20N6. The van der Waals surface area contributed by atoms with Crippen LogP contribution in [-0.2, 0) is 0 Å². The molecule has 3 aromatic rings. The lowest BCUT2D eigenvalue weighted by Crippen LogP contribution is -2.34. The highest BCUT2D eigenvalue weighted by atomic mass is 15.3. The predicted molar refractivity (Wildman–Crippen MR) is 95.5 cm³/mol. The zero-order chi connectivity index (χ0) is 16.4. The van der Waals surface area contributed by atoms with Gasteiger partial charge in [-0.1, -0.05) is 25.1 Å². The van der Waals surface area contributed by atoms with Crippen LogP contribution in [0.3, 0.4) is 0 Å². The van der Waals surface area contributed by atoms with E-state index in [4.69, 9.17) is 4.98 Å². The van der Waals surface area contributed by atoms with Crippen molar-refractivity contribution in [2.75, 3.05) is 23.3 Å². The zero-order valence-corrected chi connectivity index (χ0v) is 13.7. The molecule has 6 nitrogen and oxygen atoms in total. The lowest BCUT2D eigenvalue weighted by molar-refractivity contribution is 0.435. The number of anilines is 3. The molecule has 122 valence electrons. The molecule has 3 heterocycles. The third-order valence-electron chi connectivity index (χ3n) is 4.42. The van der Waals surface area contributed by atoms with Gasteiger partial charge in [-0.2, -0.15) is 9.97 Å². The second-order valence-electron chi connectivity index (χ2n) is 6.26. The molecule has 2 aromatic heterocycles. The van der Waals surface area contributed by atoms with Crippen molar-refractivity contribution in [1.29, 1.82) is 0 Å². The molecule has 0 amide bonds. The molecule has 0 radical (unpaired) electrons. The first-order valence-corrected chi connectivity index (χ1v) is 8.35. The van der Waals surface area contributed by atoms with Gasteiger partial charge in [0.1, 0.15) is 0 Å². The van der Waals surface area contributed by atoms with Crippen LogP contribution < -0.4 is 10.2 Å². The second-order valence-corrected chi connectivity index (χ2v) is 6.26. The number of para-hydroxylation sites is 1. The monoisotopic (exact) mass is 320 g/mol. The fraction of sp³-hybridized carbons (Fsp3) is 0.333. The Hall–Kier alpha value is -2.76. The van der Waals surface area contributed by atoms with E-state index < -0.39 is 0 Å². The molecule has 1 aliphatic rings. The van der Waals surface area contributed by atoms with Crippen molar-refractivity contribution in [3.63, 3.8) is 0 Å². The van der Waals surface area contributed by atoms with Crippen LogP contribution in [-0.4, -0.2) is 33.0 Å². The molecule has 24 heavy (non-hydrogen) atoms. The van der Waals surface area contributed by atoms with E-state index in [1.165, 1.54) is 12.8 Å². The largest absolute Gasteiger partial charge is 0.341 e. The van der Waals surface area contributed by atoms with E-state index >= 15 is 0 Å². The predicted octanol–water partition coefficient (Wildman–Crippen LogP) is 3.40. The van der Waals surface area contributed by atoms with Crippen molar-refractivity contribution in [2.45, 2.75) is 19.8 Å². The van der Waals surface area contributed by atoms with Crippen molar-refractivity contribution in [3.05, 3.63) is 42.7 Å². The van der Waals surface area contributed by atoms with Gasteiger partial charge in [-0.3, -0.25) is 0 Å². The number of nitrogens with zero attached hydrogens (tertiary/aromatic N) is 5. The average molecular weight is 320 g/mol. The van der Waals surface area contributed by atoms with Gasteiger partial charge in [-0.05, 0) is 30.9 Å². The molecule has 1 fully saturated rings. The van der Waals surface area contributed by atoms with Gasteiger partial charge in [0.2, 0.25) is 5.95 Å². The number of nitrogens with one attached hydrogen (secondary N) is 1. The summed E-state index contributed by atoms with van der Waals surface area (Å²) in [5, 5.41) is 3.35. The van der Waals surface area contributed by atoms with Gasteiger partial charge < -0.3 is 10.2 Å². The summed E-state index contributed by atoms with van der Waals surface area (Å²) in [6, 6.07) is 9.98. The third kappa shape index (κ3) is 2.99. The number of hydrogen-bond donors (Lipinski definition) is 1. The van der Waals surface area contributed by atoms with Gasteiger partial charge in [0.05, 0.1) is 0 Å². The fourth-order valence-corrected chi connectivity index (χ4v) is 2.95. The van der Waals surface area contributed by atoms with Crippen LogP contribution in [0.2, 0.25) is 0 Å². The smallest absolute Gasteiger partial charge is 0.229 e. The first-order chi connectivity index (χ1) is 11.8. The van der Waals surface area contributed by atoms with E-state index in [0.29, 0.717) is 17.0 Å². The normalized spacial score (nSPS) is 15.6. The van der Waals surface area contributed by atoms with Crippen LogP contribution in [0.4, 0.5) is 17.5 Å². The van der Waals surface area contributed by atoms with Gasteiger partial charge >= 0.3 is 0 Å². The Morgan fingerprint density at radius 3 is 2.54 bits per heavy atom.